The number of aromatic nitrogens is 2. The summed E-state index contributed by atoms with van der Waals surface area (Å²) in [4.78, 5) is 37.8. The second-order valence-corrected chi connectivity index (χ2v) is 15.2. The van der Waals surface area contributed by atoms with Crippen LogP contribution in [0, 0.1) is 28.8 Å². The minimum absolute atomic E-state index is 0.102. The molecule has 2 unspecified atom stereocenters. The van der Waals surface area contributed by atoms with Crippen molar-refractivity contribution in [3.05, 3.63) is 46.5 Å². The topological polar surface area (TPSA) is 121 Å². The molecule has 0 aliphatic carbocycles. The van der Waals surface area contributed by atoms with Gasteiger partial charge >= 0.3 is 12.2 Å². The molecule has 2 bridgehead atoms. The molecule has 2 aliphatic heterocycles. The van der Waals surface area contributed by atoms with Gasteiger partial charge in [-0.2, -0.15) is 5.26 Å². The predicted octanol–water partition coefficient (Wildman–Crippen LogP) is 8.39. The molecule has 4 heterocycles. The molecule has 2 fully saturated rings. The zero-order chi connectivity index (χ0) is 34.9. The molecule has 1 N–H and O–H groups in total. The first-order valence-corrected chi connectivity index (χ1v) is 16.4. The first-order chi connectivity index (χ1) is 22.5. The van der Waals surface area contributed by atoms with E-state index in [2.05, 4.69) is 15.3 Å². The van der Waals surface area contributed by atoms with E-state index >= 15 is 13.2 Å². The first kappa shape index (κ1) is 33.5. The fourth-order valence-electron chi connectivity index (χ4n) is 6.33. The molecule has 2 aliphatic rings. The number of rotatable bonds is 3. The molecule has 4 aromatic rings. The van der Waals surface area contributed by atoms with Crippen molar-refractivity contribution in [3.8, 4) is 17.2 Å². The van der Waals surface area contributed by atoms with E-state index in [9.17, 15) is 14.9 Å². The summed E-state index contributed by atoms with van der Waals surface area (Å²) in [6.45, 7) is 11.2. The highest BCUT2D eigenvalue weighted by atomic mass is 35.5. The van der Waals surface area contributed by atoms with Crippen LogP contribution in [-0.2, 0) is 9.47 Å². The summed E-state index contributed by atoms with van der Waals surface area (Å²) in [5.74, 6) is -2.79. The number of ether oxygens (including phenoxy) is 2. The number of nitrogens with one attached hydrogen (secondary N) is 1. The molecule has 252 valence electrons. The maximum absolute atomic E-state index is 16.6. The molecule has 0 radical (unpaired) electrons. The Hall–Kier alpha value is -4.35. The SMILES string of the molecule is CC(C)(C)OC(=O)Nc1sc2c(F)cc(F)c(-c3c(Cl)cc4c(N5CC6CCC(C5)N6C(=O)OC(C)(C)C)ncnc4c3F)c2c1C#N. The quantitative estimate of drug-likeness (QED) is 0.226. The summed E-state index contributed by atoms with van der Waals surface area (Å²) < 4.78 is 58.2. The number of halogens is 4. The molecule has 2 atom stereocenters. The number of nitriles is 1. The summed E-state index contributed by atoms with van der Waals surface area (Å²) in [6, 6.07) is 3.57. The van der Waals surface area contributed by atoms with E-state index in [0.29, 0.717) is 36.3 Å². The van der Waals surface area contributed by atoms with E-state index in [0.717, 1.165) is 12.8 Å². The predicted molar refractivity (Wildman–Crippen MR) is 177 cm³/mol. The van der Waals surface area contributed by atoms with Crippen LogP contribution in [0.25, 0.3) is 32.1 Å². The van der Waals surface area contributed by atoms with E-state index in [1.54, 1.807) is 25.7 Å². The number of hydrogen-bond acceptors (Lipinski definition) is 9. The summed E-state index contributed by atoms with van der Waals surface area (Å²) in [5, 5.41) is 12.2. The molecule has 48 heavy (non-hydrogen) atoms. The van der Waals surface area contributed by atoms with Gasteiger partial charge in [0.25, 0.3) is 0 Å². The van der Waals surface area contributed by atoms with E-state index < -0.39 is 45.9 Å². The molecule has 0 spiro atoms. The third kappa shape index (κ3) is 6.05. The zero-order valence-corrected chi connectivity index (χ0v) is 28.6. The molecule has 2 amide bonds. The Bertz CT molecular complexity index is 2020. The third-order valence-corrected chi connectivity index (χ3v) is 9.44. The monoisotopic (exact) mass is 700 g/mol. The number of amides is 2. The zero-order valence-electron chi connectivity index (χ0n) is 27.0. The van der Waals surface area contributed by atoms with Crippen molar-refractivity contribution in [1.29, 1.82) is 5.26 Å². The van der Waals surface area contributed by atoms with Crippen LogP contribution < -0.4 is 10.2 Å². The Kier molecular flexibility index (Phi) is 8.36. The highest BCUT2D eigenvalue weighted by Gasteiger charge is 2.45. The van der Waals surface area contributed by atoms with Crippen LogP contribution in [0.2, 0.25) is 5.02 Å². The van der Waals surface area contributed by atoms with Crippen LogP contribution in [-0.4, -0.2) is 63.4 Å². The Morgan fingerprint density at radius 1 is 1.00 bits per heavy atom. The standard InChI is InChI=1S/C33H32ClF3N6O4S/c1-32(2,3)46-30(44)41-29-18(11-38)22-24(20(35)10-21(36)27(22)48-29)23-19(34)9-17-26(25(23)37)39-14-40-28(17)42-12-15-7-8-16(13-42)43(15)31(45)47-33(4,5)6/h9-10,14-16H,7-8,12-13H2,1-6H3,(H,41,44). The van der Waals surface area contributed by atoms with Gasteiger partial charge in [-0.15, -0.1) is 11.3 Å². The number of piperazine rings is 1. The molecule has 15 heteroatoms. The summed E-state index contributed by atoms with van der Waals surface area (Å²) in [6.07, 6.45) is 1.41. The highest BCUT2D eigenvalue weighted by molar-refractivity contribution is 7.23. The van der Waals surface area contributed by atoms with E-state index in [-0.39, 0.29) is 54.8 Å². The number of thiophene rings is 1. The molecular weight excluding hydrogens is 669 g/mol. The minimum atomic E-state index is -1.16. The van der Waals surface area contributed by atoms with Crippen LogP contribution in [0.15, 0.2) is 18.5 Å². The molecule has 2 aromatic carbocycles. The van der Waals surface area contributed by atoms with Gasteiger partial charge in [0.15, 0.2) is 5.82 Å². The van der Waals surface area contributed by atoms with Crippen LogP contribution in [0.1, 0.15) is 59.9 Å². The second-order valence-electron chi connectivity index (χ2n) is 13.8. The Morgan fingerprint density at radius 3 is 2.25 bits per heavy atom. The molecule has 6 rings (SSSR count). The minimum Gasteiger partial charge on any atom is -0.444 e. The van der Waals surface area contributed by atoms with Crippen molar-refractivity contribution in [2.24, 2.45) is 0 Å². The fourth-order valence-corrected chi connectivity index (χ4v) is 7.67. The van der Waals surface area contributed by atoms with Gasteiger partial charge in [0.1, 0.15) is 51.6 Å². The lowest BCUT2D eigenvalue weighted by atomic mass is 9.96. The third-order valence-electron chi connectivity index (χ3n) is 8.03. The number of benzene rings is 2. The van der Waals surface area contributed by atoms with Crippen molar-refractivity contribution >= 4 is 66.9 Å². The summed E-state index contributed by atoms with van der Waals surface area (Å²) >= 11 is 7.39. The van der Waals surface area contributed by atoms with Crippen molar-refractivity contribution in [2.45, 2.75) is 77.7 Å². The van der Waals surface area contributed by atoms with Gasteiger partial charge in [-0.25, -0.2) is 32.7 Å². The number of hydrogen-bond donors (Lipinski definition) is 1. The highest BCUT2D eigenvalue weighted by Crippen LogP contribution is 2.47. The largest absolute Gasteiger partial charge is 0.444 e. The Balaban J connectivity index is 1.43. The lowest BCUT2D eigenvalue weighted by molar-refractivity contribution is 0.0122. The van der Waals surface area contributed by atoms with Gasteiger partial charge in [-0.3, -0.25) is 10.2 Å². The van der Waals surface area contributed by atoms with Gasteiger partial charge in [0.05, 0.1) is 27.4 Å². The smallest absolute Gasteiger partial charge is 0.412 e. The van der Waals surface area contributed by atoms with Gasteiger partial charge < -0.3 is 14.4 Å². The number of nitrogens with zero attached hydrogens (tertiary/aromatic N) is 5. The Morgan fingerprint density at radius 2 is 1.65 bits per heavy atom. The van der Waals surface area contributed by atoms with Crippen LogP contribution in [0.3, 0.4) is 0 Å². The average Bonchev–Trinajstić information content (AvgIpc) is 3.46. The molecular formula is C33H32ClF3N6O4S. The number of fused-ring (bicyclic) bond motifs is 4. The van der Waals surface area contributed by atoms with Gasteiger partial charge in [0, 0.05) is 41.1 Å². The second kappa shape index (κ2) is 12.0. The molecule has 2 saturated heterocycles. The summed E-state index contributed by atoms with van der Waals surface area (Å²) in [5.41, 5.74) is -2.85. The number of anilines is 2. The maximum atomic E-state index is 16.6. The van der Waals surface area contributed by atoms with Crippen molar-refractivity contribution < 1.29 is 32.2 Å². The van der Waals surface area contributed by atoms with Gasteiger partial charge in [-0.1, -0.05) is 11.6 Å². The molecule has 0 saturated carbocycles. The van der Waals surface area contributed by atoms with E-state index in [4.69, 9.17) is 21.1 Å². The van der Waals surface area contributed by atoms with Crippen molar-refractivity contribution in [1.82, 2.24) is 14.9 Å². The van der Waals surface area contributed by atoms with Crippen molar-refractivity contribution in [2.75, 3.05) is 23.3 Å². The molecule has 10 nitrogen and oxygen atoms in total. The van der Waals surface area contributed by atoms with E-state index in [1.807, 2.05) is 31.7 Å². The maximum Gasteiger partial charge on any atom is 0.412 e. The fraction of sp³-hybridized carbons (Fsp3) is 0.424. The van der Waals surface area contributed by atoms with Crippen LogP contribution in [0.5, 0.6) is 0 Å². The van der Waals surface area contributed by atoms with Crippen molar-refractivity contribution in [3.63, 3.8) is 0 Å². The van der Waals surface area contributed by atoms with E-state index in [1.165, 1.54) is 12.4 Å². The lowest BCUT2D eigenvalue weighted by Gasteiger charge is -2.42. The lowest BCUT2D eigenvalue weighted by Crippen LogP contribution is -2.57. The van der Waals surface area contributed by atoms with Crippen LogP contribution in [0.4, 0.5) is 33.6 Å². The Labute approximate surface area is 283 Å². The summed E-state index contributed by atoms with van der Waals surface area (Å²) in [7, 11) is 0. The van der Waals surface area contributed by atoms with Crippen LogP contribution >= 0.6 is 22.9 Å². The number of carbonyl (C=O) groups excluding carboxylic acids is 2. The van der Waals surface area contributed by atoms with Gasteiger partial charge in [-0.05, 0) is 60.5 Å². The average molecular weight is 701 g/mol. The van der Waals surface area contributed by atoms with Gasteiger partial charge in [0.2, 0.25) is 0 Å². The normalized spacial score (nSPS) is 17.9. The first-order valence-electron chi connectivity index (χ1n) is 15.2. The number of carbonyl (C=O) groups is 2. The molecule has 2 aromatic heterocycles.